The number of halogens is 1. The molecule has 0 saturated heterocycles. The van der Waals surface area contributed by atoms with Crippen molar-refractivity contribution in [2.24, 2.45) is 4.99 Å². The lowest BCUT2D eigenvalue weighted by atomic mass is 10.2. The van der Waals surface area contributed by atoms with Gasteiger partial charge in [0.15, 0.2) is 5.96 Å². The lowest BCUT2D eigenvalue weighted by molar-refractivity contribution is 0.120. The van der Waals surface area contributed by atoms with Crippen molar-refractivity contribution in [3.63, 3.8) is 0 Å². The van der Waals surface area contributed by atoms with E-state index in [1.54, 1.807) is 7.11 Å². The molecule has 2 N–H and O–H groups in total. The van der Waals surface area contributed by atoms with Gasteiger partial charge < -0.3 is 20.1 Å². The first-order valence-electron chi connectivity index (χ1n) is 7.64. The Morgan fingerprint density at radius 1 is 1.26 bits per heavy atom. The Hall–Kier alpha value is -1.28. The van der Waals surface area contributed by atoms with Crippen LogP contribution in [0.2, 0.25) is 0 Å². The van der Waals surface area contributed by atoms with Crippen molar-refractivity contribution < 1.29 is 9.47 Å². The first-order valence-corrected chi connectivity index (χ1v) is 7.64. The average Bonchev–Trinajstić information content (AvgIpc) is 2.56. The van der Waals surface area contributed by atoms with E-state index in [1.165, 1.54) is 0 Å². The van der Waals surface area contributed by atoms with Crippen LogP contribution in [0.4, 0.5) is 0 Å². The molecule has 0 aliphatic heterocycles. The second kappa shape index (κ2) is 14.3. The number of methoxy groups -OCH3 is 1. The average molecular weight is 433 g/mol. The first kappa shape index (κ1) is 21.7. The normalized spacial score (nSPS) is 10.6. The van der Waals surface area contributed by atoms with Crippen molar-refractivity contribution in [2.45, 2.75) is 20.0 Å². The van der Waals surface area contributed by atoms with Gasteiger partial charge in [-0.3, -0.25) is 4.99 Å². The molecular formula is C17H28IN3O2. The quantitative estimate of drug-likeness (QED) is 0.196. The van der Waals surface area contributed by atoms with Crippen LogP contribution >= 0.6 is 24.0 Å². The van der Waals surface area contributed by atoms with Gasteiger partial charge in [0.2, 0.25) is 0 Å². The summed E-state index contributed by atoms with van der Waals surface area (Å²) in [5, 5.41) is 6.35. The molecule has 130 valence electrons. The number of nitrogens with one attached hydrogen (secondary N) is 2. The highest BCUT2D eigenvalue weighted by Gasteiger charge is 1.96. The Morgan fingerprint density at radius 2 is 2.00 bits per heavy atom. The van der Waals surface area contributed by atoms with Crippen molar-refractivity contribution in [1.82, 2.24) is 10.6 Å². The highest BCUT2D eigenvalue weighted by atomic mass is 127. The molecule has 5 nitrogen and oxygen atoms in total. The van der Waals surface area contributed by atoms with Crippen LogP contribution in [0.1, 0.15) is 18.9 Å². The summed E-state index contributed by atoms with van der Waals surface area (Å²) in [6, 6.07) is 7.91. The molecule has 23 heavy (non-hydrogen) atoms. The molecule has 0 amide bonds. The summed E-state index contributed by atoms with van der Waals surface area (Å²) >= 11 is 0. The number of hydrogen-bond donors (Lipinski definition) is 2. The van der Waals surface area contributed by atoms with Crippen LogP contribution in [0.5, 0.6) is 5.75 Å². The molecule has 1 rings (SSSR count). The maximum absolute atomic E-state index is 5.65. The van der Waals surface area contributed by atoms with Crippen molar-refractivity contribution in [1.29, 1.82) is 0 Å². The van der Waals surface area contributed by atoms with Gasteiger partial charge in [0, 0.05) is 26.2 Å². The van der Waals surface area contributed by atoms with Crippen LogP contribution in [0.15, 0.2) is 41.9 Å². The summed E-state index contributed by atoms with van der Waals surface area (Å²) < 4.78 is 10.8. The molecular weight excluding hydrogens is 405 g/mol. The summed E-state index contributed by atoms with van der Waals surface area (Å²) in [5.74, 6) is 1.68. The fourth-order valence-electron chi connectivity index (χ4n) is 1.78. The van der Waals surface area contributed by atoms with Gasteiger partial charge in [-0.2, -0.15) is 0 Å². The third-order valence-corrected chi connectivity index (χ3v) is 2.90. The van der Waals surface area contributed by atoms with Gasteiger partial charge >= 0.3 is 0 Å². The highest BCUT2D eigenvalue weighted by molar-refractivity contribution is 14.0. The molecule has 0 aliphatic rings. The predicted molar refractivity (Wildman–Crippen MR) is 107 cm³/mol. The fourth-order valence-corrected chi connectivity index (χ4v) is 1.78. The summed E-state index contributed by atoms with van der Waals surface area (Å²) in [4.78, 5) is 4.47. The van der Waals surface area contributed by atoms with E-state index in [0.29, 0.717) is 19.8 Å². The smallest absolute Gasteiger partial charge is 0.191 e. The predicted octanol–water partition coefficient (Wildman–Crippen LogP) is 2.96. The summed E-state index contributed by atoms with van der Waals surface area (Å²) in [7, 11) is 1.66. The summed E-state index contributed by atoms with van der Waals surface area (Å²) in [6.07, 6.45) is 2.70. The van der Waals surface area contributed by atoms with E-state index >= 15 is 0 Å². The van der Waals surface area contributed by atoms with Gasteiger partial charge in [0.05, 0.1) is 13.7 Å². The Balaban J connectivity index is 0.00000484. The van der Waals surface area contributed by atoms with Crippen LogP contribution in [0.25, 0.3) is 0 Å². The maximum atomic E-state index is 5.65. The molecule has 0 bridgehead atoms. The molecule has 0 spiro atoms. The van der Waals surface area contributed by atoms with E-state index in [9.17, 15) is 0 Å². The molecule has 0 radical (unpaired) electrons. The van der Waals surface area contributed by atoms with E-state index in [2.05, 4.69) is 22.2 Å². The number of nitrogens with zero attached hydrogens (tertiary/aromatic N) is 1. The Morgan fingerprint density at radius 3 is 2.61 bits per heavy atom. The summed E-state index contributed by atoms with van der Waals surface area (Å²) in [6.45, 7) is 9.31. The maximum Gasteiger partial charge on any atom is 0.191 e. The molecule has 0 fully saturated rings. The van der Waals surface area contributed by atoms with Gasteiger partial charge in [0.1, 0.15) is 5.75 Å². The molecule has 6 heteroatoms. The fraction of sp³-hybridized carbons (Fsp3) is 0.471. The van der Waals surface area contributed by atoms with Gasteiger partial charge in [-0.25, -0.2) is 0 Å². The molecule has 0 aliphatic carbocycles. The zero-order valence-corrected chi connectivity index (χ0v) is 16.3. The SMILES string of the molecule is C=CCNC(=NCCCOCc1ccc(OC)cc1)NCC.I. The monoisotopic (exact) mass is 433 g/mol. The van der Waals surface area contributed by atoms with Gasteiger partial charge in [-0.15, -0.1) is 30.6 Å². The largest absolute Gasteiger partial charge is 0.497 e. The second-order valence-electron chi connectivity index (χ2n) is 4.68. The first-order chi connectivity index (χ1) is 10.8. The minimum Gasteiger partial charge on any atom is -0.497 e. The zero-order chi connectivity index (χ0) is 16.0. The van der Waals surface area contributed by atoms with E-state index < -0.39 is 0 Å². The van der Waals surface area contributed by atoms with Crippen LogP contribution in [0, 0.1) is 0 Å². The lowest BCUT2D eigenvalue weighted by Gasteiger charge is -2.09. The van der Waals surface area contributed by atoms with Crippen molar-refractivity contribution >= 4 is 29.9 Å². The lowest BCUT2D eigenvalue weighted by Crippen LogP contribution is -2.37. The van der Waals surface area contributed by atoms with Crippen molar-refractivity contribution in [2.75, 3.05) is 33.4 Å². The second-order valence-corrected chi connectivity index (χ2v) is 4.68. The molecule has 0 unspecified atom stereocenters. The Labute approximate surface area is 156 Å². The molecule has 0 aromatic heterocycles. The number of guanidine groups is 1. The van der Waals surface area contributed by atoms with E-state index in [-0.39, 0.29) is 24.0 Å². The van der Waals surface area contributed by atoms with Crippen LogP contribution in [0.3, 0.4) is 0 Å². The third-order valence-electron chi connectivity index (χ3n) is 2.90. The number of hydrogen-bond acceptors (Lipinski definition) is 3. The number of ether oxygens (including phenoxy) is 2. The Bertz CT molecular complexity index is 450. The minimum atomic E-state index is 0. The van der Waals surface area contributed by atoms with Crippen molar-refractivity contribution in [3.8, 4) is 5.75 Å². The van der Waals surface area contributed by atoms with E-state index in [1.807, 2.05) is 37.3 Å². The van der Waals surface area contributed by atoms with Crippen molar-refractivity contribution in [3.05, 3.63) is 42.5 Å². The Kier molecular flexibility index (Phi) is 13.5. The highest BCUT2D eigenvalue weighted by Crippen LogP contribution is 2.11. The van der Waals surface area contributed by atoms with E-state index in [0.717, 1.165) is 36.8 Å². The molecule has 0 heterocycles. The summed E-state index contributed by atoms with van der Waals surface area (Å²) in [5.41, 5.74) is 1.14. The zero-order valence-electron chi connectivity index (χ0n) is 14.0. The van der Waals surface area contributed by atoms with Gasteiger partial charge in [-0.05, 0) is 31.0 Å². The number of benzene rings is 1. The molecule has 1 aromatic rings. The molecule has 1 aromatic carbocycles. The number of rotatable bonds is 10. The van der Waals surface area contributed by atoms with Crippen LogP contribution in [-0.2, 0) is 11.3 Å². The van der Waals surface area contributed by atoms with Gasteiger partial charge in [-0.1, -0.05) is 18.2 Å². The minimum absolute atomic E-state index is 0. The van der Waals surface area contributed by atoms with E-state index in [4.69, 9.17) is 9.47 Å². The topological polar surface area (TPSA) is 54.9 Å². The number of aliphatic imine (C=N–C) groups is 1. The standard InChI is InChI=1S/C17H27N3O2.HI/c1-4-11-19-17(18-5-2)20-12-6-13-22-14-15-7-9-16(21-3)10-8-15;/h4,7-10H,1,5-6,11-14H2,2-3H3,(H2,18,19,20);1H. The van der Waals surface area contributed by atoms with Crippen LogP contribution < -0.4 is 15.4 Å². The molecule has 0 saturated carbocycles. The van der Waals surface area contributed by atoms with Crippen LogP contribution in [-0.4, -0.2) is 39.3 Å². The third kappa shape index (κ3) is 10.2. The van der Waals surface area contributed by atoms with Gasteiger partial charge in [0.25, 0.3) is 0 Å². The molecule has 0 atom stereocenters.